The Morgan fingerprint density at radius 3 is 2.33 bits per heavy atom. The first-order valence-corrected chi connectivity index (χ1v) is 5.67. The average molecular weight is 246 g/mol. The molecule has 1 atom stereocenters. The fraction of sp³-hybridized carbons (Fsp3) is 0.357. The predicted octanol–water partition coefficient (Wildman–Crippen LogP) is 2.40. The lowest BCUT2D eigenvalue weighted by molar-refractivity contribution is 0.199. The summed E-state index contributed by atoms with van der Waals surface area (Å²) in [6, 6.07) is 3.62. The highest BCUT2D eigenvalue weighted by Crippen LogP contribution is 2.24. The van der Waals surface area contributed by atoms with Gasteiger partial charge in [0.1, 0.15) is 0 Å². The first-order chi connectivity index (χ1) is 8.38. The lowest BCUT2D eigenvalue weighted by atomic mass is 10.0. The molecule has 0 aliphatic heterocycles. The van der Waals surface area contributed by atoms with Gasteiger partial charge in [-0.25, -0.2) is 4.79 Å². The van der Waals surface area contributed by atoms with Crippen LogP contribution in [0.2, 0.25) is 0 Å². The van der Waals surface area contributed by atoms with Gasteiger partial charge in [-0.1, -0.05) is 0 Å². The van der Waals surface area contributed by atoms with Crippen molar-refractivity contribution in [1.29, 1.82) is 0 Å². The lowest BCUT2D eigenvalue weighted by Crippen LogP contribution is -2.45. The topological polar surface area (TPSA) is 66.6 Å². The molecule has 1 unspecified atom stereocenters. The molecule has 0 aromatic heterocycles. The minimum atomic E-state index is -1.10. The largest absolute Gasteiger partial charge is 0.465 e. The molecular weight excluding hydrogens is 228 g/mol. The van der Waals surface area contributed by atoms with Crippen LogP contribution >= 0.6 is 0 Å². The number of rotatable bonds is 3. The Kier molecular flexibility index (Phi) is 4.35. The van der Waals surface area contributed by atoms with Crippen LogP contribution in [0.25, 0.3) is 0 Å². The van der Waals surface area contributed by atoms with Crippen LogP contribution in [-0.4, -0.2) is 17.4 Å². The molecular formula is C14H18N2O2. The molecule has 0 saturated heterocycles. The Balaban J connectivity index is 3.23. The Morgan fingerprint density at radius 1 is 1.44 bits per heavy atom. The minimum absolute atomic E-state index is 0.179. The van der Waals surface area contributed by atoms with Gasteiger partial charge in [-0.15, -0.1) is 12.3 Å². The maximum Gasteiger partial charge on any atom is 0.413 e. The lowest BCUT2D eigenvalue weighted by Gasteiger charge is -2.26. The molecule has 4 heteroatoms. The maximum absolute atomic E-state index is 11.3. The third-order valence-corrected chi connectivity index (χ3v) is 3.05. The van der Waals surface area contributed by atoms with Crippen LogP contribution in [0.5, 0.6) is 0 Å². The van der Waals surface area contributed by atoms with Crippen molar-refractivity contribution in [2.24, 2.45) is 5.73 Å². The number of benzene rings is 1. The number of nitrogens with two attached hydrogens (primary N) is 1. The molecule has 0 spiro atoms. The average Bonchev–Trinajstić information content (AvgIpc) is 2.25. The molecule has 0 radical (unpaired) electrons. The van der Waals surface area contributed by atoms with E-state index in [1.807, 2.05) is 32.9 Å². The van der Waals surface area contributed by atoms with Crippen LogP contribution in [0, 0.1) is 33.1 Å². The Labute approximate surface area is 107 Å². The zero-order valence-electron chi connectivity index (χ0n) is 10.9. The highest BCUT2D eigenvalue weighted by molar-refractivity contribution is 5.87. The van der Waals surface area contributed by atoms with Gasteiger partial charge in [0.15, 0.2) is 0 Å². The molecule has 1 rings (SSSR count). The quantitative estimate of drug-likeness (QED) is 0.635. The number of carboxylic acid groups (broad SMARTS) is 1. The van der Waals surface area contributed by atoms with Crippen molar-refractivity contribution in [2.45, 2.75) is 33.4 Å². The fourth-order valence-corrected chi connectivity index (χ4v) is 1.81. The minimum Gasteiger partial charge on any atom is -0.465 e. The van der Waals surface area contributed by atoms with Gasteiger partial charge in [-0.2, -0.15) is 0 Å². The van der Waals surface area contributed by atoms with Gasteiger partial charge in [-0.3, -0.25) is 4.90 Å². The molecule has 0 bridgehead atoms. The smallest absolute Gasteiger partial charge is 0.413 e. The molecule has 1 aromatic carbocycles. The van der Waals surface area contributed by atoms with Gasteiger partial charge in [-0.05, 0) is 49.6 Å². The van der Waals surface area contributed by atoms with E-state index in [1.54, 1.807) is 0 Å². The van der Waals surface area contributed by atoms with E-state index in [4.69, 9.17) is 12.2 Å². The molecule has 1 aromatic rings. The summed E-state index contributed by atoms with van der Waals surface area (Å²) in [5, 5.41) is 9.25. The second-order valence-electron chi connectivity index (χ2n) is 4.33. The van der Waals surface area contributed by atoms with Gasteiger partial charge in [0.2, 0.25) is 0 Å². The van der Waals surface area contributed by atoms with E-state index >= 15 is 0 Å². The molecule has 0 fully saturated rings. The Bertz CT molecular complexity index is 480. The van der Waals surface area contributed by atoms with E-state index in [1.165, 1.54) is 0 Å². The summed E-state index contributed by atoms with van der Waals surface area (Å²) in [5.41, 5.74) is 9.57. The van der Waals surface area contributed by atoms with Gasteiger partial charge >= 0.3 is 6.09 Å². The van der Waals surface area contributed by atoms with Crippen LogP contribution in [0.1, 0.15) is 23.1 Å². The summed E-state index contributed by atoms with van der Waals surface area (Å²) in [6.07, 6.45) is 3.53. The number of amides is 1. The second kappa shape index (κ2) is 5.56. The number of aryl methyl sites for hydroxylation is 2. The summed E-state index contributed by atoms with van der Waals surface area (Å²) in [7, 11) is 0. The number of hydrogen-bond donors (Lipinski definition) is 2. The van der Waals surface area contributed by atoms with E-state index < -0.39 is 12.3 Å². The van der Waals surface area contributed by atoms with Gasteiger partial charge in [0.05, 0.1) is 6.17 Å². The van der Waals surface area contributed by atoms with E-state index in [9.17, 15) is 9.90 Å². The summed E-state index contributed by atoms with van der Waals surface area (Å²) in [4.78, 5) is 12.4. The van der Waals surface area contributed by atoms with E-state index in [-0.39, 0.29) is 6.42 Å². The van der Waals surface area contributed by atoms with Crippen LogP contribution in [-0.2, 0) is 0 Å². The zero-order valence-corrected chi connectivity index (χ0v) is 10.9. The van der Waals surface area contributed by atoms with Crippen molar-refractivity contribution < 1.29 is 9.90 Å². The molecule has 0 aliphatic carbocycles. The molecule has 3 N–H and O–H groups in total. The number of anilines is 1. The van der Waals surface area contributed by atoms with E-state index in [0.717, 1.165) is 21.6 Å². The Hall–Kier alpha value is -1.99. The molecule has 96 valence electrons. The predicted molar refractivity (Wildman–Crippen MR) is 72.6 cm³/mol. The van der Waals surface area contributed by atoms with Crippen LogP contribution < -0.4 is 10.6 Å². The highest BCUT2D eigenvalue weighted by Gasteiger charge is 2.21. The number of carbonyl (C=O) groups is 1. The SMILES string of the molecule is C#CCC(N)N(C(=O)O)c1cc(C)c(C)c(C)c1. The fourth-order valence-electron chi connectivity index (χ4n) is 1.81. The maximum atomic E-state index is 11.3. The third-order valence-electron chi connectivity index (χ3n) is 3.05. The van der Waals surface area contributed by atoms with Crippen molar-refractivity contribution >= 4 is 11.8 Å². The van der Waals surface area contributed by atoms with E-state index in [2.05, 4.69) is 5.92 Å². The first kappa shape index (κ1) is 14.1. The summed E-state index contributed by atoms with van der Waals surface area (Å²) < 4.78 is 0. The van der Waals surface area contributed by atoms with Crippen LogP contribution in [0.15, 0.2) is 12.1 Å². The van der Waals surface area contributed by atoms with Crippen molar-refractivity contribution in [2.75, 3.05) is 4.90 Å². The molecule has 1 amide bonds. The molecule has 18 heavy (non-hydrogen) atoms. The van der Waals surface area contributed by atoms with Gasteiger partial charge in [0, 0.05) is 12.1 Å². The number of nitrogens with zero attached hydrogens (tertiary/aromatic N) is 1. The summed E-state index contributed by atoms with van der Waals surface area (Å²) >= 11 is 0. The number of terminal acetylenes is 1. The second-order valence-corrected chi connectivity index (χ2v) is 4.33. The monoisotopic (exact) mass is 246 g/mol. The highest BCUT2D eigenvalue weighted by atomic mass is 16.4. The van der Waals surface area contributed by atoms with Crippen molar-refractivity contribution in [1.82, 2.24) is 0 Å². The molecule has 0 saturated carbocycles. The summed E-state index contributed by atoms with van der Waals surface area (Å²) in [6.45, 7) is 5.89. The van der Waals surface area contributed by atoms with Gasteiger partial charge < -0.3 is 10.8 Å². The number of hydrogen-bond acceptors (Lipinski definition) is 2. The van der Waals surface area contributed by atoms with Crippen LogP contribution in [0.3, 0.4) is 0 Å². The zero-order chi connectivity index (χ0) is 13.9. The van der Waals surface area contributed by atoms with Gasteiger partial charge in [0.25, 0.3) is 0 Å². The normalized spacial score (nSPS) is 11.7. The molecule has 0 aliphatic rings. The standard InChI is InChI=1S/C14H18N2O2/c1-5-6-13(15)16(14(17)18)12-7-9(2)11(4)10(3)8-12/h1,7-8,13H,6,15H2,2-4H3,(H,17,18). The Morgan fingerprint density at radius 2 is 1.94 bits per heavy atom. The van der Waals surface area contributed by atoms with Crippen LogP contribution in [0.4, 0.5) is 10.5 Å². The summed E-state index contributed by atoms with van der Waals surface area (Å²) in [5.74, 6) is 2.38. The first-order valence-electron chi connectivity index (χ1n) is 5.67. The molecule has 0 heterocycles. The molecule has 4 nitrogen and oxygen atoms in total. The van der Waals surface area contributed by atoms with Crippen molar-refractivity contribution in [3.63, 3.8) is 0 Å². The van der Waals surface area contributed by atoms with E-state index in [0.29, 0.717) is 5.69 Å². The van der Waals surface area contributed by atoms with Crippen molar-refractivity contribution in [3.8, 4) is 12.3 Å². The van der Waals surface area contributed by atoms with Crippen molar-refractivity contribution in [3.05, 3.63) is 28.8 Å². The third kappa shape index (κ3) is 2.82.